The van der Waals surface area contributed by atoms with Crippen LogP contribution in [0.4, 0.5) is 8.78 Å². The molecule has 4 N–H and O–H groups in total. The standard InChI is InChI=1S/C9H20.C8H16F2.C2H6.2H2O/c1-5-9(4)7-6-8(2)3;1-7(9)5-3-4-6-8(2)10;1-2;;/h8-9H,5-7H2,1-4H3;7-8H,3-6H2,1-2H3;1-2H3;2*1H2. The Labute approximate surface area is 145 Å². The second-order valence-electron chi connectivity index (χ2n) is 6.33. The van der Waals surface area contributed by atoms with Crippen molar-refractivity contribution in [1.82, 2.24) is 0 Å². The molecular formula is C19H46F2O2. The fourth-order valence-electron chi connectivity index (χ4n) is 1.67. The molecule has 0 aliphatic carbocycles. The van der Waals surface area contributed by atoms with Crippen LogP contribution in [-0.4, -0.2) is 23.3 Å². The van der Waals surface area contributed by atoms with E-state index in [1.807, 2.05) is 13.8 Å². The Morgan fingerprint density at radius 1 is 0.652 bits per heavy atom. The molecule has 0 spiro atoms. The van der Waals surface area contributed by atoms with Crippen molar-refractivity contribution >= 4 is 0 Å². The van der Waals surface area contributed by atoms with Crippen LogP contribution in [0.15, 0.2) is 0 Å². The molecule has 23 heavy (non-hydrogen) atoms. The van der Waals surface area contributed by atoms with Gasteiger partial charge in [0.25, 0.3) is 0 Å². The van der Waals surface area contributed by atoms with Crippen molar-refractivity contribution in [2.75, 3.05) is 0 Å². The molecule has 0 bridgehead atoms. The highest BCUT2D eigenvalue weighted by molar-refractivity contribution is 4.52. The van der Waals surface area contributed by atoms with E-state index in [2.05, 4.69) is 27.7 Å². The van der Waals surface area contributed by atoms with Crippen LogP contribution < -0.4 is 0 Å². The zero-order valence-electron chi connectivity index (χ0n) is 17.0. The molecule has 0 aromatic carbocycles. The van der Waals surface area contributed by atoms with Gasteiger partial charge in [0.2, 0.25) is 0 Å². The average Bonchev–Trinajstić information content (AvgIpc) is 2.43. The van der Waals surface area contributed by atoms with Crippen LogP contribution in [0.25, 0.3) is 0 Å². The molecule has 0 aromatic rings. The fraction of sp³-hybridized carbons (Fsp3) is 1.00. The number of halogens is 2. The molecule has 0 saturated carbocycles. The molecule has 0 saturated heterocycles. The number of unbranched alkanes of at least 4 members (excludes halogenated alkanes) is 1. The summed E-state index contributed by atoms with van der Waals surface area (Å²) in [5.41, 5.74) is 0. The molecule has 4 heteroatoms. The summed E-state index contributed by atoms with van der Waals surface area (Å²) in [7, 11) is 0. The first-order chi connectivity index (χ1) is 9.79. The van der Waals surface area contributed by atoms with Crippen molar-refractivity contribution in [3.05, 3.63) is 0 Å². The van der Waals surface area contributed by atoms with E-state index in [1.54, 1.807) is 13.8 Å². The quantitative estimate of drug-likeness (QED) is 0.453. The molecule has 0 heterocycles. The minimum absolute atomic E-state index is 0. The van der Waals surface area contributed by atoms with Gasteiger partial charge in [-0.15, -0.1) is 0 Å². The summed E-state index contributed by atoms with van der Waals surface area (Å²) in [6.45, 7) is 16.3. The summed E-state index contributed by atoms with van der Waals surface area (Å²) in [4.78, 5) is 0. The third-order valence-electron chi connectivity index (χ3n) is 3.39. The zero-order chi connectivity index (χ0) is 17.3. The SMILES string of the molecule is CC.CC(F)CCCCC(C)F.CCC(C)CCC(C)C.O.O. The lowest BCUT2D eigenvalue weighted by molar-refractivity contribution is 0.304. The van der Waals surface area contributed by atoms with Crippen LogP contribution in [0.2, 0.25) is 0 Å². The highest BCUT2D eigenvalue weighted by atomic mass is 19.1. The summed E-state index contributed by atoms with van der Waals surface area (Å²) in [6.07, 6.45) is 5.47. The molecule has 0 aliphatic heterocycles. The minimum Gasteiger partial charge on any atom is -0.412 e. The minimum atomic E-state index is -0.727. The van der Waals surface area contributed by atoms with E-state index in [0.29, 0.717) is 12.8 Å². The highest BCUT2D eigenvalue weighted by Gasteiger charge is 2.00. The van der Waals surface area contributed by atoms with Gasteiger partial charge in [0.05, 0.1) is 12.3 Å². The molecule has 0 rings (SSSR count). The molecule has 3 atom stereocenters. The Morgan fingerprint density at radius 2 is 1.00 bits per heavy atom. The predicted octanol–water partition coefficient (Wildman–Crippen LogP) is 6.11. The Morgan fingerprint density at radius 3 is 1.22 bits per heavy atom. The molecule has 2 nitrogen and oxygen atoms in total. The maximum atomic E-state index is 12.1. The molecule has 0 aromatic heterocycles. The Hall–Kier alpha value is -0.220. The number of rotatable bonds is 9. The van der Waals surface area contributed by atoms with Crippen LogP contribution >= 0.6 is 0 Å². The summed E-state index contributed by atoms with van der Waals surface area (Å²) in [5, 5.41) is 0. The average molecular weight is 345 g/mol. The van der Waals surface area contributed by atoms with Crippen molar-refractivity contribution in [2.45, 2.75) is 113 Å². The molecule has 0 aliphatic rings. The normalized spacial score (nSPS) is 13.2. The highest BCUT2D eigenvalue weighted by Crippen LogP contribution is 2.13. The van der Waals surface area contributed by atoms with E-state index in [0.717, 1.165) is 24.7 Å². The van der Waals surface area contributed by atoms with Crippen LogP contribution in [0.5, 0.6) is 0 Å². The van der Waals surface area contributed by atoms with Crippen molar-refractivity contribution < 1.29 is 19.7 Å². The summed E-state index contributed by atoms with van der Waals surface area (Å²) in [5.74, 6) is 1.83. The van der Waals surface area contributed by atoms with E-state index in [-0.39, 0.29) is 11.0 Å². The van der Waals surface area contributed by atoms with Gasteiger partial charge >= 0.3 is 0 Å². The molecule has 3 unspecified atom stereocenters. The molecule has 148 valence electrons. The van der Waals surface area contributed by atoms with E-state index < -0.39 is 12.3 Å². The number of alkyl halides is 2. The molecule has 0 radical (unpaired) electrons. The number of hydrogen-bond donors (Lipinski definition) is 0. The van der Waals surface area contributed by atoms with Gasteiger partial charge in [-0.05, 0) is 38.5 Å². The van der Waals surface area contributed by atoms with Crippen molar-refractivity contribution in [3.63, 3.8) is 0 Å². The van der Waals surface area contributed by atoms with Gasteiger partial charge in [-0.3, -0.25) is 0 Å². The van der Waals surface area contributed by atoms with E-state index in [9.17, 15) is 8.78 Å². The summed E-state index contributed by atoms with van der Waals surface area (Å²) >= 11 is 0. The third-order valence-corrected chi connectivity index (χ3v) is 3.39. The second kappa shape index (κ2) is 26.7. The summed E-state index contributed by atoms with van der Waals surface area (Å²) in [6, 6.07) is 0. The van der Waals surface area contributed by atoms with Gasteiger partial charge in [0, 0.05) is 0 Å². The lowest BCUT2D eigenvalue weighted by Crippen LogP contribution is -1.95. The molecular weight excluding hydrogens is 298 g/mol. The van der Waals surface area contributed by atoms with Crippen molar-refractivity contribution in [1.29, 1.82) is 0 Å². The largest absolute Gasteiger partial charge is 0.412 e. The Balaban J connectivity index is -0.0000000787. The van der Waals surface area contributed by atoms with Gasteiger partial charge in [-0.1, -0.05) is 73.6 Å². The monoisotopic (exact) mass is 344 g/mol. The van der Waals surface area contributed by atoms with Gasteiger partial charge < -0.3 is 11.0 Å². The zero-order valence-corrected chi connectivity index (χ0v) is 17.0. The third kappa shape index (κ3) is 44.9. The van der Waals surface area contributed by atoms with Gasteiger partial charge in [0.1, 0.15) is 0 Å². The first-order valence-corrected chi connectivity index (χ1v) is 9.07. The first-order valence-electron chi connectivity index (χ1n) is 9.07. The van der Waals surface area contributed by atoms with Crippen molar-refractivity contribution in [3.8, 4) is 0 Å². The first kappa shape index (κ1) is 34.2. The fourth-order valence-corrected chi connectivity index (χ4v) is 1.67. The second-order valence-corrected chi connectivity index (χ2v) is 6.33. The van der Waals surface area contributed by atoms with Gasteiger partial charge in [-0.25, -0.2) is 8.78 Å². The molecule has 0 fully saturated rings. The van der Waals surface area contributed by atoms with E-state index >= 15 is 0 Å². The lowest BCUT2D eigenvalue weighted by atomic mass is 9.98. The lowest BCUT2D eigenvalue weighted by Gasteiger charge is -2.09. The van der Waals surface area contributed by atoms with Crippen LogP contribution in [0.1, 0.15) is 100 Å². The van der Waals surface area contributed by atoms with Gasteiger partial charge in [0.15, 0.2) is 0 Å². The van der Waals surface area contributed by atoms with E-state index in [1.165, 1.54) is 19.3 Å². The maximum absolute atomic E-state index is 12.1. The van der Waals surface area contributed by atoms with Gasteiger partial charge in [-0.2, -0.15) is 0 Å². The Bertz CT molecular complexity index is 165. The maximum Gasteiger partial charge on any atom is 0.0973 e. The number of hydrogen-bond acceptors (Lipinski definition) is 0. The molecule has 0 amide bonds. The van der Waals surface area contributed by atoms with Crippen LogP contribution in [-0.2, 0) is 0 Å². The van der Waals surface area contributed by atoms with Crippen molar-refractivity contribution in [2.24, 2.45) is 11.8 Å². The van der Waals surface area contributed by atoms with Crippen LogP contribution in [0, 0.1) is 11.8 Å². The topological polar surface area (TPSA) is 63.0 Å². The van der Waals surface area contributed by atoms with E-state index in [4.69, 9.17) is 0 Å². The Kier molecular flexibility index (Phi) is 39.6. The summed E-state index contributed by atoms with van der Waals surface area (Å²) < 4.78 is 24.3. The smallest absolute Gasteiger partial charge is 0.0973 e. The predicted molar refractivity (Wildman–Crippen MR) is 102 cm³/mol. The van der Waals surface area contributed by atoms with Crippen LogP contribution in [0.3, 0.4) is 0 Å².